The maximum atomic E-state index is 13.0. The molecule has 1 atom stereocenters. The van der Waals surface area contributed by atoms with E-state index in [1.807, 2.05) is 12.1 Å². The Labute approximate surface area is 154 Å². The second-order valence-corrected chi connectivity index (χ2v) is 8.21. The van der Waals surface area contributed by atoms with Crippen LogP contribution < -0.4 is 5.56 Å². The second-order valence-electron chi connectivity index (χ2n) is 7.12. The summed E-state index contributed by atoms with van der Waals surface area (Å²) in [5.41, 5.74) is 2.84. The minimum absolute atomic E-state index is 0.145. The van der Waals surface area contributed by atoms with Gasteiger partial charge < -0.3 is 5.11 Å². The van der Waals surface area contributed by atoms with Crippen LogP contribution in [0.4, 0.5) is 0 Å². The fraction of sp³-hybridized carbons (Fsp3) is 0.350. The maximum absolute atomic E-state index is 13.0. The number of aromatic nitrogens is 2. The molecule has 1 aromatic carbocycles. The van der Waals surface area contributed by atoms with E-state index in [1.54, 1.807) is 10.9 Å². The van der Waals surface area contributed by atoms with Crippen LogP contribution in [0.15, 0.2) is 35.4 Å². The van der Waals surface area contributed by atoms with Gasteiger partial charge in [-0.2, -0.15) is 0 Å². The van der Waals surface area contributed by atoms with Gasteiger partial charge in [0.25, 0.3) is 5.56 Å². The highest BCUT2D eigenvalue weighted by Gasteiger charge is 2.34. The molecule has 0 fully saturated rings. The molecule has 134 valence electrons. The minimum atomic E-state index is -0.859. The van der Waals surface area contributed by atoms with Gasteiger partial charge in [-0.25, -0.2) is 4.98 Å². The molecule has 5 nitrogen and oxygen atoms in total. The first-order valence-electron chi connectivity index (χ1n) is 8.78. The molecule has 26 heavy (non-hydrogen) atoms. The van der Waals surface area contributed by atoms with E-state index in [-0.39, 0.29) is 5.56 Å². The summed E-state index contributed by atoms with van der Waals surface area (Å²) >= 11 is 1.45. The van der Waals surface area contributed by atoms with Crippen molar-refractivity contribution in [3.63, 3.8) is 0 Å². The third-order valence-corrected chi connectivity index (χ3v) is 6.27. The Morgan fingerprint density at radius 2 is 2.08 bits per heavy atom. The number of aliphatic carboxylic acids is 1. The molecule has 3 aromatic rings. The molecule has 1 N–H and O–H groups in total. The number of benzene rings is 1. The summed E-state index contributed by atoms with van der Waals surface area (Å²) in [5.74, 6) is -0.983. The number of hydrogen-bond acceptors (Lipinski definition) is 4. The summed E-state index contributed by atoms with van der Waals surface area (Å²) in [7, 11) is 0. The van der Waals surface area contributed by atoms with E-state index in [2.05, 4.69) is 31.0 Å². The molecule has 0 bridgehead atoms. The zero-order chi connectivity index (χ0) is 18.4. The molecule has 0 aliphatic heterocycles. The van der Waals surface area contributed by atoms with E-state index >= 15 is 0 Å². The van der Waals surface area contributed by atoms with Gasteiger partial charge in [0, 0.05) is 4.88 Å². The van der Waals surface area contributed by atoms with Crippen molar-refractivity contribution in [3.05, 3.63) is 62.5 Å². The zero-order valence-electron chi connectivity index (χ0n) is 14.7. The Balaban J connectivity index is 1.75. The average Bonchev–Trinajstić information content (AvgIpc) is 3.16. The fourth-order valence-corrected chi connectivity index (χ4v) is 4.84. The quantitative estimate of drug-likeness (QED) is 0.761. The second kappa shape index (κ2) is 6.36. The fourth-order valence-electron chi connectivity index (χ4n) is 3.63. The van der Waals surface area contributed by atoms with Crippen LogP contribution in [0.1, 0.15) is 53.7 Å². The predicted molar refractivity (Wildman–Crippen MR) is 102 cm³/mol. The first-order chi connectivity index (χ1) is 12.5. The molecule has 1 aliphatic rings. The lowest BCUT2D eigenvalue weighted by molar-refractivity contribution is -0.138. The Morgan fingerprint density at radius 1 is 1.35 bits per heavy atom. The monoisotopic (exact) mass is 368 g/mol. The molecule has 0 amide bonds. The minimum Gasteiger partial charge on any atom is -0.481 e. The molecule has 6 heteroatoms. The van der Waals surface area contributed by atoms with Crippen LogP contribution in [0.3, 0.4) is 0 Å². The largest absolute Gasteiger partial charge is 0.481 e. The first-order valence-corrected chi connectivity index (χ1v) is 9.59. The van der Waals surface area contributed by atoms with E-state index in [4.69, 9.17) is 0 Å². The highest BCUT2D eigenvalue weighted by atomic mass is 32.1. The lowest BCUT2D eigenvalue weighted by Crippen LogP contribution is -2.22. The van der Waals surface area contributed by atoms with Gasteiger partial charge in [0.2, 0.25) is 0 Å². The standard InChI is InChI=1S/C20H20N2O3S/c1-11(2)13-5-3-12(4-6-13)9-22-10-21-18-17(19(22)23)16-14(20(24)25)7-8-15(16)26-18/h3-6,10-11,14H,7-9H2,1-2H3,(H,24,25). The first kappa shape index (κ1) is 17.0. The van der Waals surface area contributed by atoms with Crippen molar-refractivity contribution in [2.75, 3.05) is 0 Å². The van der Waals surface area contributed by atoms with Gasteiger partial charge in [-0.05, 0) is 35.4 Å². The van der Waals surface area contributed by atoms with Crippen LogP contribution in [-0.4, -0.2) is 20.6 Å². The zero-order valence-corrected chi connectivity index (χ0v) is 15.5. The molecule has 0 radical (unpaired) electrons. The van der Waals surface area contributed by atoms with E-state index < -0.39 is 11.9 Å². The molecule has 2 heterocycles. The number of carbonyl (C=O) groups is 1. The maximum Gasteiger partial charge on any atom is 0.311 e. The summed E-state index contributed by atoms with van der Waals surface area (Å²) < 4.78 is 1.58. The molecule has 1 aliphatic carbocycles. The van der Waals surface area contributed by atoms with Gasteiger partial charge in [0.05, 0.1) is 24.2 Å². The van der Waals surface area contributed by atoms with Crippen LogP contribution in [0.2, 0.25) is 0 Å². The SMILES string of the molecule is CC(C)c1ccc(Cn2cnc3sc4c(c3c2=O)C(C(=O)O)CC4)cc1. The van der Waals surface area contributed by atoms with E-state index in [9.17, 15) is 14.7 Å². The Bertz CT molecular complexity index is 1050. The van der Waals surface area contributed by atoms with Gasteiger partial charge in [-0.15, -0.1) is 11.3 Å². The molecular weight excluding hydrogens is 348 g/mol. The van der Waals surface area contributed by atoms with Gasteiger partial charge >= 0.3 is 5.97 Å². The number of nitrogens with zero attached hydrogens (tertiary/aromatic N) is 2. The molecule has 2 aromatic heterocycles. The van der Waals surface area contributed by atoms with Crippen LogP contribution >= 0.6 is 11.3 Å². The smallest absolute Gasteiger partial charge is 0.311 e. The van der Waals surface area contributed by atoms with Crippen LogP contribution in [0.5, 0.6) is 0 Å². The highest BCUT2D eigenvalue weighted by molar-refractivity contribution is 7.18. The number of hydrogen-bond donors (Lipinski definition) is 1. The summed E-state index contributed by atoms with van der Waals surface area (Å²) in [5, 5.41) is 9.98. The summed E-state index contributed by atoms with van der Waals surface area (Å²) in [6.45, 7) is 4.73. The molecule has 0 saturated carbocycles. The summed E-state index contributed by atoms with van der Waals surface area (Å²) in [6, 6.07) is 8.23. The lowest BCUT2D eigenvalue weighted by Gasteiger charge is -2.10. The van der Waals surface area contributed by atoms with Crippen molar-refractivity contribution in [1.29, 1.82) is 0 Å². The number of thiophene rings is 1. The van der Waals surface area contributed by atoms with Gasteiger partial charge in [0.1, 0.15) is 4.83 Å². The third kappa shape index (κ3) is 2.74. The molecule has 0 saturated heterocycles. The van der Waals surface area contributed by atoms with Gasteiger partial charge in [-0.1, -0.05) is 38.1 Å². The van der Waals surface area contributed by atoms with Gasteiger partial charge in [0.15, 0.2) is 0 Å². The average molecular weight is 368 g/mol. The molecule has 4 rings (SSSR count). The highest BCUT2D eigenvalue weighted by Crippen LogP contribution is 2.42. The Kier molecular flexibility index (Phi) is 4.15. The Hall–Kier alpha value is -2.47. The summed E-state index contributed by atoms with van der Waals surface area (Å²) in [4.78, 5) is 30.7. The summed E-state index contributed by atoms with van der Waals surface area (Å²) in [6.07, 6.45) is 2.85. The van der Waals surface area contributed by atoms with Crippen LogP contribution in [0, 0.1) is 0 Å². The topological polar surface area (TPSA) is 72.2 Å². The molecule has 0 spiro atoms. The van der Waals surface area contributed by atoms with Crippen molar-refractivity contribution in [2.24, 2.45) is 0 Å². The van der Waals surface area contributed by atoms with Crippen LogP contribution in [0.25, 0.3) is 10.2 Å². The van der Waals surface area contributed by atoms with Crippen molar-refractivity contribution in [1.82, 2.24) is 9.55 Å². The number of fused-ring (bicyclic) bond motifs is 3. The number of aryl methyl sites for hydroxylation is 1. The predicted octanol–water partition coefficient (Wildman–Crippen LogP) is 3.74. The van der Waals surface area contributed by atoms with Crippen LogP contribution in [-0.2, 0) is 17.8 Å². The third-order valence-electron chi connectivity index (χ3n) is 5.10. The molecule has 1 unspecified atom stereocenters. The van der Waals surface area contributed by atoms with E-state index in [0.717, 1.165) is 10.4 Å². The van der Waals surface area contributed by atoms with Crippen molar-refractivity contribution >= 4 is 27.5 Å². The van der Waals surface area contributed by atoms with Crippen molar-refractivity contribution in [3.8, 4) is 0 Å². The van der Waals surface area contributed by atoms with E-state index in [1.165, 1.54) is 16.9 Å². The number of carboxylic acids is 1. The number of rotatable bonds is 4. The Morgan fingerprint density at radius 3 is 2.73 bits per heavy atom. The number of carboxylic acid groups (broad SMARTS) is 1. The van der Waals surface area contributed by atoms with Gasteiger partial charge in [-0.3, -0.25) is 14.2 Å². The van der Waals surface area contributed by atoms with Crippen molar-refractivity contribution < 1.29 is 9.90 Å². The van der Waals surface area contributed by atoms with E-state index in [0.29, 0.717) is 41.1 Å². The lowest BCUT2D eigenvalue weighted by atomic mass is 10.0. The molecular formula is C20H20N2O3S. The normalized spacial score (nSPS) is 16.3. The van der Waals surface area contributed by atoms with Crippen molar-refractivity contribution in [2.45, 2.75) is 45.1 Å².